The number of benzene rings is 1. The maximum absolute atomic E-state index is 12.0. The van der Waals surface area contributed by atoms with Gasteiger partial charge in [0.25, 0.3) is 0 Å². The molecule has 1 saturated carbocycles. The Hall–Kier alpha value is -2.23. The number of aromatic nitrogens is 2. The number of hydrogen-bond acceptors (Lipinski definition) is 4. The zero-order valence-corrected chi connectivity index (χ0v) is 11.9. The van der Waals surface area contributed by atoms with Crippen molar-refractivity contribution in [1.29, 1.82) is 0 Å². The van der Waals surface area contributed by atoms with E-state index in [0.29, 0.717) is 17.2 Å². The van der Waals surface area contributed by atoms with E-state index >= 15 is 0 Å². The van der Waals surface area contributed by atoms with Crippen molar-refractivity contribution in [2.24, 2.45) is 0 Å². The lowest BCUT2D eigenvalue weighted by molar-refractivity contribution is 0.0733. The molecule has 0 radical (unpaired) electrons. The van der Waals surface area contributed by atoms with E-state index in [0.717, 1.165) is 18.7 Å². The van der Waals surface area contributed by atoms with Gasteiger partial charge in [0.05, 0.1) is 5.56 Å². The highest BCUT2D eigenvalue weighted by Crippen LogP contribution is 2.30. The highest BCUT2D eigenvalue weighted by Gasteiger charge is 2.18. The zero-order valence-electron chi connectivity index (χ0n) is 11.9. The van der Waals surface area contributed by atoms with Crippen molar-refractivity contribution in [1.82, 2.24) is 9.97 Å². The Labute approximate surface area is 124 Å². The maximum atomic E-state index is 12.0. The Morgan fingerprint density at radius 3 is 2.33 bits per heavy atom. The van der Waals surface area contributed by atoms with Crippen molar-refractivity contribution < 1.29 is 9.53 Å². The van der Waals surface area contributed by atoms with Crippen LogP contribution in [0.15, 0.2) is 42.7 Å². The Bertz CT molecular complexity index is 590. The molecular formula is C17H18N2O2. The number of hydrogen-bond donors (Lipinski definition) is 0. The van der Waals surface area contributed by atoms with Gasteiger partial charge >= 0.3 is 5.97 Å². The molecule has 0 bridgehead atoms. The highest BCUT2D eigenvalue weighted by molar-refractivity contribution is 5.90. The second-order valence-electron chi connectivity index (χ2n) is 5.37. The molecule has 0 N–H and O–H groups in total. The number of esters is 1. The van der Waals surface area contributed by atoms with Gasteiger partial charge in [-0.1, -0.05) is 37.5 Å². The molecule has 108 valence electrons. The molecule has 1 aromatic carbocycles. The van der Waals surface area contributed by atoms with Gasteiger partial charge in [-0.15, -0.1) is 0 Å². The summed E-state index contributed by atoms with van der Waals surface area (Å²) in [7, 11) is 0. The third kappa shape index (κ3) is 3.45. The lowest BCUT2D eigenvalue weighted by atomic mass is 9.89. The van der Waals surface area contributed by atoms with Crippen LogP contribution in [-0.2, 0) is 0 Å². The molecule has 0 saturated heterocycles. The summed E-state index contributed by atoms with van der Waals surface area (Å²) >= 11 is 0. The van der Waals surface area contributed by atoms with Crippen molar-refractivity contribution in [3.05, 3.63) is 54.1 Å². The molecule has 2 aromatic rings. The summed E-state index contributed by atoms with van der Waals surface area (Å²) in [5.74, 6) is 1.40. The topological polar surface area (TPSA) is 52.1 Å². The summed E-state index contributed by atoms with van der Waals surface area (Å²) in [5, 5.41) is 0. The van der Waals surface area contributed by atoms with Crippen LogP contribution >= 0.6 is 0 Å². The average Bonchev–Trinajstić information content (AvgIpc) is 2.57. The fraction of sp³-hybridized carbons (Fsp3) is 0.353. The van der Waals surface area contributed by atoms with Crippen LogP contribution in [0.2, 0.25) is 0 Å². The first-order valence-electron chi connectivity index (χ1n) is 7.42. The van der Waals surface area contributed by atoms with E-state index in [4.69, 9.17) is 4.74 Å². The van der Waals surface area contributed by atoms with Crippen molar-refractivity contribution in [3.8, 4) is 5.75 Å². The molecule has 4 nitrogen and oxygen atoms in total. The summed E-state index contributed by atoms with van der Waals surface area (Å²) in [5.41, 5.74) is 0.387. The van der Waals surface area contributed by atoms with Crippen molar-refractivity contribution in [2.75, 3.05) is 0 Å². The third-order valence-electron chi connectivity index (χ3n) is 3.83. The minimum absolute atomic E-state index is 0.387. The molecular weight excluding hydrogens is 264 g/mol. The van der Waals surface area contributed by atoms with Gasteiger partial charge in [0.1, 0.15) is 11.6 Å². The van der Waals surface area contributed by atoms with Gasteiger partial charge in [-0.2, -0.15) is 0 Å². The Morgan fingerprint density at radius 2 is 1.67 bits per heavy atom. The van der Waals surface area contributed by atoms with E-state index in [1.807, 2.05) is 18.2 Å². The number of nitrogens with zero attached hydrogens (tertiary/aromatic N) is 2. The number of carbonyl (C=O) groups excluding carboxylic acids is 1. The molecule has 1 heterocycles. The highest BCUT2D eigenvalue weighted by atomic mass is 16.5. The molecule has 3 rings (SSSR count). The molecule has 1 aliphatic carbocycles. The van der Waals surface area contributed by atoms with Gasteiger partial charge in [0, 0.05) is 18.3 Å². The van der Waals surface area contributed by atoms with Crippen LogP contribution < -0.4 is 4.74 Å². The van der Waals surface area contributed by atoms with Crippen molar-refractivity contribution >= 4 is 5.97 Å². The van der Waals surface area contributed by atoms with Crippen molar-refractivity contribution in [3.63, 3.8) is 0 Å². The summed E-state index contributed by atoms with van der Waals surface area (Å²) in [4.78, 5) is 20.7. The van der Waals surface area contributed by atoms with Gasteiger partial charge in [0.2, 0.25) is 0 Å². The summed E-state index contributed by atoms with van der Waals surface area (Å²) in [6, 6.07) is 9.01. The van der Waals surface area contributed by atoms with Crippen molar-refractivity contribution in [2.45, 2.75) is 38.0 Å². The van der Waals surface area contributed by atoms with Gasteiger partial charge < -0.3 is 4.74 Å². The monoisotopic (exact) mass is 282 g/mol. The van der Waals surface area contributed by atoms with Crippen LogP contribution in [0.3, 0.4) is 0 Å². The van der Waals surface area contributed by atoms with E-state index in [-0.39, 0.29) is 0 Å². The largest absolute Gasteiger partial charge is 0.423 e. The first-order valence-corrected chi connectivity index (χ1v) is 7.42. The summed E-state index contributed by atoms with van der Waals surface area (Å²) in [6.45, 7) is 0. The Kier molecular flexibility index (Phi) is 4.24. The zero-order chi connectivity index (χ0) is 14.5. The van der Waals surface area contributed by atoms with E-state index in [2.05, 4.69) is 9.97 Å². The molecule has 0 amide bonds. The molecule has 1 aliphatic rings. The van der Waals surface area contributed by atoms with Crippen LogP contribution in [0.25, 0.3) is 0 Å². The summed E-state index contributed by atoms with van der Waals surface area (Å²) < 4.78 is 5.27. The van der Waals surface area contributed by atoms with Gasteiger partial charge in [0.15, 0.2) is 0 Å². The van der Waals surface area contributed by atoms with E-state index in [1.165, 1.54) is 19.3 Å². The van der Waals surface area contributed by atoms with Crippen LogP contribution in [0.4, 0.5) is 0 Å². The lowest BCUT2D eigenvalue weighted by Crippen LogP contribution is -2.12. The molecule has 0 unspecified atom stereocenters. The maximum Gasteiger partial charge on any atom is 0.346 e. The fourth-order valence-corrected chi connectivity index (χ4v) is 2.67. The van der Waals surface area contributed by atoms with Gasteiger partial charge in [-0.3, -0.25) is 0 Å². The van der Waals surface area contributed by atoms with E-state index in [9.17, 15) is 4.79 Å². The van der Waals surface area contributed by atoms with E-state index in [1.54, 1.807) is 24.5 Å². The summed E-state index contributed by atoms with van der Waals surface area (Å²) in [6.07, 6.45) is 9.22. The second-order valence-corrected chi connectivity index (χ2v) is 5.37. The predicted molar refractivity (Wildman–Crippen MR) is 79.3 cm³/mol. The Morgan fingerprint density at radius 1 is 1.00 bits per heavy atom. The van der Waals surface area contributed by atoms with Crippen LogP contribution in [0, 0.1) is 0 Å². The number of para-hydroxylation sites is 1. The Balaban J connectivity index is 1.67. The molecule has 0 aliphatic heterocycles. The quantitative estimate of drug-likeness (QED) is 0.635. The first-order chi connectivity index (χ1) is 10.3. The minimum Gasteiger partial charge on any atom is -0.423 e. The van der Waals surface area contributed by atoms with Crippen LogP contribution in [0.1, 0.15) is 54.2 Å². The average molecular weight is 282 g/mol. The number of ether oxygens (including phenoxy) is 1. The minimum atomic E-state index is -0.420. The van der Waals surface area contributed by atoms with Gasteiger partial charge in [-0.05, 0) is 25.0 Å². The molecule has 0 spiro atoms. The molecule has 4 heteroatoms. The molecule has 1 fully saturated rings. The molecule has 0 atom stereocenters. The number of carbonyl (C=O) groups is 1. The second kappa shape index (κ2) is 6.48. The van der Waals surface area contributed by atoms with Crippen LogP contribution in [0.5, 0.6) is 5.75 Å². The van der Waals surface area contributed by atoms with Gasteiger partial charge in [-0.25, -0.2) is 14.8 Å². The SMILES string of the molecule is O=C(Oc1ccccc1)c1cnc(C2CCCCC2)nc1. The number of rotatable bonds is 3. The smallest absolute Gasteiger partial charge is 0.346 e. The van der Waals surface area contributed by atoms with Crippen LogP contribution in [-0.4, -0.2) is 15.9 Å². The molecule has 21 heavy (non-hydrogen) atoms. The standard InChI is InChI=1S/C17H18N2O2/c20-17(21-15-9-5-2-6-10-15)14-11-18-16(19-12-14)13-7-3-1-4-8-13/h2,5-6,9-13H,1,3-4,7-8H2. The lowest BCUT2D eigenvalue weighted by Gasteiger charge is -2.19. The van der Waals surface area contributed by atoms with E-state index < -0.39 is 5.97 Å². The molecule has 1 aromatic heterocycles. The predicted octanol–water partition coefficient (Wildman–Crippen LogP) is 3.74. The third-order valence-corrected chi connectivity index (χ3v) is 3.83. The first kappa shape index (κ1) is 13.7. The fourth-order valence-electron chi connectivity index (χ4n) is 2.67. The normalized spacial score (nSPS) is 15.6.